The van der Waals surface area contributed by atoms with Gasteiger partial charge in [0.25, 0.3) is 5.91 Å². The van der Waals surface area contributed by atoms with Gasteiger partial charge in [0.15, 0.2) is 0 Å². The van der Waals surface area contributed by atoms with Crippen molar-refractivity contribution < 1.29 is 9.53 Å². The first kappa shape index (κ1) is 18.7. The molecule has 2 heterocycles. The van der Waals surface area contributed by atoms with E-state index < -0.39 is 0 Å². The van der Waals surface area contributed by atoms with E-state index in [0.29, 0.717) is 5.56 Å². The van der Waals surface area contributed by atoms with Crippen LogP contribution < -0.4 is 4.74 Å². The van der Waals surface area contributed by atoms with E-state index in [9.17, 15) is 4.79 Å². The van der Waals surface area contributed by atoms with Gasteiger partial charge in [-0.15, -0.1) is 0 Å². The summed E-state index contributed by atoms with van der Waals surface area (Å²) < 4.78 is 5.56. The van der Waals surface area contributed by atoms with Gasteiger partial charge >= 0.3 is 0 Å². The Balaban J connectivity index is 1.90. The summed E-state index contributed by atoms with van der Waals surface area (Å²) >= 11 is 0. The van der Waals surface area contributed by atoms with Crippen molar-refractivity contribution in [1.82, 2.24) is 14.9 Å². The van der Waals surface area contributed by atoms with Gasteiger partial charge in [0, 0.05) is 54.1 Å². The lowest BCUT2D eigenvalue weighted by molar-refractivity contribution is 0.0827. The number of benzene rings is 2. The maximum absolute atomic E-state index is 12.4. The smallest absolute Gasteiger partial charge is 0.253 e. The molecule has 0 saturated heterocycles. The van der Waals surface area contributed by atoms with Crippen molar-refractivity contribution in [2.24, 2.45) is 0 Å². The highest BCUT2D eigenvalue weighted by molar-refractivity contribution is 6.01. The van der Waals surface area contributed by atoms with Crippen molar-refractivity contribution in [3.63, 3.8) is 0 Å². The van der Waals surface area contributed by atoms with Crippen LogP contribution in [0.1, 0.15) is 15.9 Å². The van der Waals surface area contributed by atoms with Crippen LogP contribution in [0.4, 0.5) is 0 Å². The third kappa shape index (κ3) is 3.25. The van der Waals surface area contributed by atoms with Gasteiger partial charge in [-0.2, -0.15) is 0 Å². The van der Waals surface area contributed by atoms with Gasteiger partial charge in [-0.1, -0.05) is 30.3 Å². The van der Waals surface area contributed by atoms with Crippen LogP contribution in [0.25, 0.3) is 33.3 Å². The number of ether oxygens (including phenoxy) is 1. The van der Waals surface area contributed by atoms with Crippen LogP contribution in [-0.2, 0) is 0 Å². The zero-order valence-corrected chi connectivity index (χ0v) is 17.0. The fourth-order valence-corrected chi connectivity index (χ4v) is 3.70. The average molecular weight is 385 g/mol. The molecule has 0 aliphatic rings. The molecule has 0 atom stereocenters. The zero-order chi connectivity index (χ0) is 20.5. The van der Waals surface area contributed by atoms with Crippen molar-refractivity contribution >= 4 is 16.9 Å². The first-order valence-corrected chi connectivity index (χ1v) is 9.43. The first-order valence-electron chi connectivity index (χ1n) is 9.43. The minimum atomic E-state index is -0.0186. The van der Waals surface area contributed by atoms with Crippen LogP contribution in [-0.4, -0.2) is 42.0 Å². The van der Waals surface area contributed by atoms with Gasteiger partial charge in [0.2, 0.25) is 0 Å². The summed E-state index contributed by atoms with van der Waals surface area (Å²) in [6.45, 7) is 2.09. The molecule has 1 N–H and O–H groups in total. The van der Waals surface area contributed by atoms with E-state index in [1.54, 1.807) is 26.1 Å². The maximum Gasteiger partial charge on any atom is 0.253 e. The molecule has 0 spiro atoms. The van der Waals surface area contributed by atoms with Crippen LogP contribution in [0.2, 0.25) is 0 Å². The van der Waals surface area contributed by atoms with Gasteiger partial charge in [0.05, 0.1) is 7.11 Å². The zero-order valence-electron chi connectivity index (χ0n) is 17.0. The Morgan fingerprint density at radius 1 is 1.03 bits per heavy atom. The predicted molar refractivity (Wildman–Crippen MR) is 116 cm³/mol. The number of amides is 1. The van der Waals surface area contributed by atoms with Crippen molar-refractivity contribution in [1.29, 1.82) is 0 Å². The Kier molecular flexibility index (Phi) is 4.80. The third-order valence-electron chi connectivity index (χ3n) is 5.18. The lowest BCUT2D eigenvalue weighted by Crippen LogP contribution is -2.21. The van der Waals surface area contributed by atoms with E-state index in [-0.39, 0.29) is 5.91 Å². The highest BCUT2D eigenvalue weighted by atomic mass is 16.5. The summed E-state index contributed by atoms with van der Waals surface area (Å²) in [5.41, 5.74) is 6.62. The van der Waals surface area contributed by atoms with E-state index in [1.165, 1.54) is 0 Å². The first-order chi connectivity index (χ1) is 14.0. The molecule has 0 fully saturated rings. The molecule has 4 aromatic rings. The normalized spacial score (nSPS) is 10.9. The van der Waals surface area contributed by atoms with E-state index in [4.69, 9.17) is 4.74 Å². The lowest BCUT2D eigenvalue weighted by atomic mass is 9.95. The van der Waals surface area contributed by atoms with Crippen LogP contribution in [0.3, 0.4) is 0 Å². The fourth-order valence-electron chi connectivity index (χ4n) is 3.70. The number of para-hydroxylation sites is 1. The summed E-state index contributed by atoms with van der Waals surface area (Å²) in [6, 6.07) is 15.6. The van der Waals surface area contributed by atoms with Gasteiger partial charge in [-0.05, 0) is 36.2 Å². The Bertz CT molecular complexity index is 1210. The molecule has 146 valence electrons. The van der Waals surface area contributed by atoms with Crippen LogP contribution in [0, 0.1) is 6.92 Å². The molecular formula is C24H23N3O2. The van der Waals surface area contributed by atoms with Gasteiger partial charge in [0.1, 0.15) is 11.4 Å². The molecule has 5 nitrogen and oxygen atoms in total. The Labute approximate surface area is 170 Å². The predicted octanol–water partition coefficient (Wildman–Crippen LogP) is 4.92. The minimum Gasteiger partial charge on any atom is -0.496 e. The number of aromatic amines is 1. The number of H-pyrrole nitrogens is 1. The minimum absolute atomic E-state index is 0.0186. The summed E-state index contributed by atoms with van der Waals surface area (Å²) in [6.07, 6.45) is 3.83. The topological polar surface area (TPSA) is 58.2 Å². The van der Waals surface area contributed by atoms with Crippen molar-refractivity contribution in [2.45, 2.75) is 6.92 Å². The molecule has 2 aromatic carbocycles. The Morgan fingerprint density at radius 2 is 1.83 bits per heavy atom. The molecule has 0 aliphatic heterocycles. The monoisotopic (exact) mass is 385 g/mol. The van der Waals surface area contributed by atoms with Crippen molar-refractivity contribution in [2.75, 3.05) is 21.2 Å². The molecule has 0 aliphatic carbocycles. The number of nitrogens with one attached hydrogen (secondary N) is 1. The Hall–Kier alpha value is -3.60. The number of rotatable bonds is 4. The number of hydrogen-bond donors (Lipinski definition) is 1. The second-order valence-corrected chi connectivity index (χ2v) is 7.20. The molecular weight excluding hydrogens is 362 g/mol. The lowest BCUT2D eigenvalue weighted by Gasteiger charge is -2.13. The van der Waals surface area contributed by atoms with Crippen LogP contribution in [0.5, 0.6) is 5.75 Å². The summed E-state index contributed by atoms with van der Waals surface area (Å²) in [4.78, 5) is 21.9. The Morgan fingerprint density at radius 3 is 2.59 bits per heavy atom. The van der Waals surface area contributed by atoms with Crippen LogP contribution in [0.15, 0.2) is 60.9 Å². The molecule has 0 unspecified atom stereocenters. The molecule has 5 heteroatoms. The van der Waals surface area contributed by atoms with E-state index in [2.05, 4.69) is 16.9 Å². The van der Waals surface area contributed by atoms with E-state index in [0.717, 1.165) is 44.6 Å². The molecule has 4 rings (SSSR count). The van der Waals surface area contributed by atoms with Gasteiger partial charge in [-0.25, -0.2) is 4.98 Å². The summed E-state index contributed by atoms with van der Waals surface area (Å²) in [5.74, 6) is 0.798. The highest BCUT2D eigenvalue weighted by Gasteiger charge is 2.17. The summed E-state index contributed by atoms with van der Waals surface area (Å²) in [5, 5.41) is 1.05. The maximum atomic E-state index is 12.4. The average Bonchev–Trinajstić information content (AvgIpc) is 3.18. The van der Waals surface area contributed by atoms with E-state index in [1.807, 2.05) is 60.9 Å². The molecule has 0 radical (unpaired) electrons. The van der Waals surface area contributed by atoms with E-state index >= 15 is 0 Å². The number of nitrogens with zero attached hydrogens (tertiary/aromatic N) is 2. The van der Waals surface area contributed by atoms with Crippen molar-refractivity contribution in [3.8, 4) is 28.0 Å². The largest absolute Gasteiger partial charge is 0.496 e. The van der Waals surface area contributed by atoms with Crippen LogP contribution >= 0.6 is 0 Å². The molecule has 0 saturated carbocycles. The van der Waals surface area contributed by atoms with Gasteiger partial charge in [-0.3, -0.25) is 4.79 Å². The second kappa shape index (κ2) is 7.43. The number of aromatic nitrogens is 2. The number of hydrogen-bond acceptors (Lipinski definition) is 3. The molecule has 0 bridgehead atoms. The van der Waals surface area contributed by atoms with Crippen molar-refractivity contribution in [3.05, 3.63) is 72.1 Å². The number of aryl methyl sites for hydroxylation is 1. The third-order valence-corrected chi connectivity index (χ3v) is 5.18. The number of carbonyl (C=O) groups excluding carboxylic acids is 1. The molecule has 29 heavy (non-hydrogen) atoms. The number of carbonyl (C=O) groups is 1. The highest BCUT2D eigenvalue weighted by Crippen LogP contribution is 2.38. The molecule has 1 amide bonds. The number of methoxy groups -OCH3 is 1. The number of pyridine rings is 1. The quantitative estimate of drug-likeness (QED) is 0.543. The van der Waals surface area contributed by atoms with Gasteiger partial charge < -0.3 is 14.6 Å². The standard InChI is InChI=1S/C24H23N3O2/c1-15-19(16-8-7-9-17(12-16)24(28)27(2)3)13-25-23-22(15)20(14-26-23)18-10-5-6-11-21(18)29-4/h5-14H,1-4H3,(H,25,26). The number of fused-ring (bicyclic) bond motifs is 1. The molecule has 2 aromatic heterocycles. The fraction of sp³-hybridized carbons (Fsp3) is 0.167. The summed E-state index contributed by atoms with van der Waals surface area (Å²) in [7, 11) is 5.19. The SMILES string of the molecule is COc1ccccc1-c1c[nH]c2ncc(-c3cccc(C(=O)N(C)C)c3)c(C)c12. The second-order valence-electron chi connectivity index (χ2n) is 7.20.